The highest BCUT2D eigenvalue weighted by Gasteiger charge is 2.30. The molecule has 1 saturated heterocycles. The molecule has 132 valence electrons. The molecular weight excluding hydrogens is 336 g/mol. The third-order valence-corrected chi connectivity index (χ3v) is 6.21. The molecule has 1 aliphatic heterocycles. The molecule has 6 heteroatoms. The molecule has 2 amide bonds. The molecule has 5 nitrogen and oxygen atoms in total. The Kier molecular flexibility index (Phi) is 4.61. The lowest BCUT2D eigenvalue weighted by atomic mass is 9.94. The van der Waals surface area contributed by atoms with Crippen LogP contribution in [0.1, 0.15) is 63.5 Å². The molecule has 0 unspecified atom stereocenters. The zero-order chi connectivity index (χ0) is 17.2. The van der Waals surface area contributed by atoms with E-state index in [0.717, 1.165) is 62.7 Å². The monoisotopic (exact) mass is 358 g/mol. The fourth-order valence-corrected chi connectivity index (χ4v) is 4.98. The molecule has 3 heterocycles. The summed E-state index contributed by atoms with van der Waals surface area (Å²) in [6.07, 6.45) is 8.97. The number of carbonyl (C=O) groups is 2. The number of amides is 2. The van der Waals surface area contributed by atoms with Crippen molar-refractivity contribution < 1.29 is 14.0 Å². The lowest BCUT2D eigenvalue weighted by Crippen LogP contribution is -2.36. The van der Waals surface area contributed by atoms with Crippen LogP contribution < -0.4 is 5.32 Å². The summed E-state index contributed by atoms with van der Waals surface area (Å²) in [5.74, 6) is 0.0490. The zero-order valence-electron chi connectivity index (χ0n) is 14.2. The molecule has 1 N–H and O–H groups in total. The van der Waals surface area contributed by atoms with Gasteiger partial charge in [0.2, 0.25) is 0 Å². The Hall–Kier alpha value is -2.08. The summed E-state index contributed by atoms with van der Waals surface area (Å²) in [6, 6.07) is 3.32. The van der Waals surface area contributed by atoms with Crippen molar-refractivity contribution >= 4 is 28.2 Å². The molecule has 4 rings (SSSR count). The standard InChI is InChI=1S/C19H22N2O3S/c22-17(14-8-6-12-24-14)20-18-16(13-7-2-3-9-15(13)25-18)19(23)21-10-4-1-5-11-21/h6,8,12H,1-5,7,9-11H2,(H,20,22). The van der Waals surface area contributed by atoms with Crippen LogP contribution in [0.4, 0.5) is 5.00 Å². The molecule has 0 aromatic carbocycles. The molecule has 0 atom stereocenters. The SMILES string of the molecule is O=C(Nc1sc2c(c1C(=O)N1CCCCC1)CCCC2)c1ccco1. The van der Waals surface area contributed by atoms with Gasteiger partial charge in [-0.2, -0.15) is 0 Å². The van der Waals surface area contributed by atoms with Gasteiger partial charge in [0.05, 0.1) is 11.8 Å². The second-order valence-corrected chi connectivity index (χ2v) is 7.80. The van der Waals surface area contributed by atoms with Gasteiger partial charge in [0, 0.05) is 18.0 Å². The van der Waals surface area contributed by atoms with E-state index in [2.05, 4.69) is 5.32 Å². The number of aryl methyl sites for hydroxylation is 1. The first-order chi connectivity index (χ1) is 12.2. The average molecular weight is 358 g/mol. The Morgan fingerprint density at radius 2 is 1.88 bits per heavy atom. The topological polar surface area (TPSA) is 62.6 Å². The molecule has 25 heavy (non-hydrogen) atoms. The number of furan rings is 1. The van der Waals surface area contributed by atoms with E-state index < -0.39 is 0 Å². The molecule has 0 bridgehead atoms. The number of nitrogens with zero attached hydrogens (tertiary/aromatic N) is 1. The van der Waals surface area contributed by atoms with E-state index in [1.807, 2.05) is 4.90 Å². The number of rotatable bonds is 3. The number of thiophene rings is 1. The summed E-state index contributed by atoms with van der Waals surface area (Å²) < 4.78 is 5.18. The number of carbonyl (C=O) groups excluding carboxylic acids is 2. The van der Waals surface area contributed by atoms with Crippen molar-refractivity contribution in [3.63, 3.8) is 0 Å². The van der Waals surface area contributed by atoms with Gasteiger partial charge in [-0.3, -0.25) is 9.59 Å². The summed E-state index contributed by atoms with van der Waals surface area (Å²) >= 11 is 1.56. The predicted molar refractivity (Wildman–Crippen MR) is 97.4 cm³/mol. The van der Waals surface area contributed by atoms with Gasteiger partial charge in [0.1, 0.15) is 5.00 Å². The average Bonchev–Trinajstić information content (AvgIpc) is 3.29. The van der Waals surface area contributed by atoms with Gasteiger partial charge in [-0.05, 0) is 62.6 Å². The molecule has 1 aliphatic carbocycles. The van der Waals surface area contributed by atoms with Crippen LogP contribution >= 0.6 is 11.3 Å². The fourth-order valence-electron chi connectivity index (χ4n) is 3.71. The summed E-state index contributed by atoms with van der Waals surface area (Å²) in [5, 5.41) is 3.61. The van der Waals surface area contributed by atoms with E-state index in [-0.39, 0.29) is 17.6 Å². The van der Waals surface area contributed by atoms with Gasteiger partial charge < -0.3 is 14.6 Å². The number of hydrogen-bond acceptors (Lipinski definition) is 4. The highest BCUT2D eigenvalue weighted by molar-refractivity contribution is 7.17. The van der Waals surface area contributed by atoms with Crippen molar-refractivity contribution in [3.8, 4) is 0 Å². The number of hydrogen-bond donors (Lipinski definition) is 1. The van der Waals surface area contributed by atoms with Crippen LogP contribution in [0.2, 0.25) is 0 Å². The van der Waals surface area contributed by atoms with Crippen molar-refractivity contribution in [2.45, 2.75) is 44.9 Å². The third kappa shape index (κ3) is 3.23. The van der Waals surface area contributed by atoms with E-state index in [4.69, 9.17) is 4.42 Å². The maximum absolute atomic E-state index is 13.2. The zero-order valence-corrected chi connectivity index (χ0v) is 15.0. The lowest BCUT2D eigenvalue weighted by Gasteiger charge is -2.27. The van der Waals surface area contributed by atoms with E-state index in [1.165, 1.54) is 17.6 Å². The number of anilines is 1. The Morgan fingerprint density at radius 3 is 2.64 bits per heavy atom. The first-order valence-corrected chi connectivity index (χ1v) is 9.84. The number of piperidine rings is 1. The minimum absolute atomic E-state index is 0.0776. The number of fused-ring (bicyclic) bond motifs is 1. The maximum atomic E-state index is 13.2. The number of likely N-dealkylation sites (tertiary alicyclic amines) is 1. The molecule has 0 spiro atoms. The predicted octanol–water partition coefficient (Wildman–Crippen LogP) is 4.10. The van der Waals surface area contributed by atoms with Gasteiger partial charge in [0.25, 0.3) is 11.8 Å². The van der Waals surface area contributed by atoms with Crippen LogP contribution in [-0.4, -0.2) is 29.8 Å². The second-order valence-electron chi connectivity index (χ2n) is 6.70. The van der Waals surface area contributed by atoms with Gasteiger partial charge in [0.15, 0.2) is 5.76 Å². The normalized spacial score (nSPS) is 17.2. The van der Waals surface area contributed by atoms with E-state index in [0.29, 0.717) is 5.00 Å². The van der Waals surface area contributed by atoms with E-state index >= 15 is 0 Å². The molecule has 2 aromatic rings. The minimum Gasteiger partial charge on any atom is -0.459 e. The van der Waals surface area contributed by atoms with Crippen molar-refractivity contribution in [1.82, 2.24) is 4.90 Å². The summed E-state index contributed by atoms with van der Waals surface area (Å²) in [6.45, 7) is 1.63. The van der Waals surface area contributed by atoms with Crippen molar-refractivity contribution in [3.05, 3.63) is 40.2 Å². The third-order valence-electron chi connectivity index (χ3n) is 5.00. The van der Waals surface area contributed by atoms with Gasteiger partial charge in [-0.15, -0.1) is 11.3 Å². The fraction of sp³-hybridized carbons (Fsp3) is 0.474. The van der Waals surface area contributed by atoms with Gasteiger partial charge in [-0.1, -0.05) is 0 Å². The highest BCUT2D eigenvalue weighted by atomic mass is 32.1. The van der Waals surface area contributed by atoms with Crippen LogP contribution in [-0.2, 0) is 12.8 Å². The van der Waals surface area contributed by atoms with Crippen molar-refractivity contribution in [2.24, 2.45) is 0 Å². The summed E-state index contributed by atoms with van der Waals surface area (Å²) in [5.41, 5.74) is 1.88. The van der Waals surface area contributed by atoms with E-state index in [9.17, 15) is 9.59 Å². The molecule has 2 aliphatic rings. The first-order valence-electron chi connectivity index (χ1n) is 9.02. The molecule has 0 radical (unpaired) electrons. The number of nitrogens with one attached hydrogen (secondary N) is 1. The Balaban J connectivity index is 1.66. The van der Waals surface area contributed by atoms with Crippen LogP contribution in [0, 0.1) is 0 Å². The van der Waals surface area contributed by atoms with Crippen LogP contribution in [0.25, 0.3) is 0 Å². The van der Waals surface area contributed by atoms with Crippen LogP contribution in [0.5, 0.6) is 0 Å². The van der Waals surface area contributed by atoms with Crippen LogP contribution in [0.15, 0.2) is 22.8 Å². The molecule has 0 saturated carbocycles. The Labute approximate surface area is 151 Å². The highest BCUT2D eigenvalue weighted by Crippen LogP contribution is 2.39. The van der Waals surface area contributed by atoms with Gasteiger partial charge in [-0.25, -0.2) is 0 Å². The van der Waals surface area contributed by atoms with E-state index in [1.54, 1.807) is 23.5 Å². The van der Waals surface area contributed by atoms with Crippen molar-refractivity contribution in [2.75, 3.05) is 18.4 Å². The smallest absolute Gasteiger partial charge is 0.291 e. The Bertz CT molecular complexity index is 773. The molecule has 1 fully saturated rings. The minimum atomic E-state index is -0.295. The summed E-state index contributed by atoms with van der Waals surface area (Å²) in [7, 11) is 0. The quantitative estimate of drug-likeness (QED) is 0.898. The van der Waals surface area contributed by atoms with Crippen LogP contribution in [0.3, 0.4) is 0 Å². The Morgan fingerprint density at radius 1 is 1.08 bits per heavy atom. The maximum Gasteiger partial charge on any atom is 0.291 e. The second kappa shape index (κ2) is 7.04. The summed E-state index contributed by atoms with van der Waals surface area (Å²) in [4.78, 5) is 28.8. The molecule has 2 aromatic heterocycles. The van der Waals surface area contributed by atoms with Gasteiger partial charge >= 0.3 is 0 Å². The molecular formula is C19H22N2O3S. The first kappa shape index (κ1) is 16.4. The largest absolute Gasteiger partial charge is 0.459 e. The van der Waals surface area contributed by atoms with Crippen molar-refractivity contribution in [1.29, 1.82) is 0 Å². The lowest BCUT2D eigenvalue weighted by molar-refractivity contribution is 0.0724.